The molecule has 0 radical (unpaired) electrons. The van der Waals surface area contributed by atoms with Crippen LogP contribution < -0.4 is 5.11 Å². The van der Waals surface area contributed by atoms with Crippen molar-refractivity contribution in [3.05, 3.63) is 11.6 Å². The third kappa shape index (κ3) is 3.37. The average Bonchev–Trinajstić information content (AvgIpc) is 2.69. The number of aliphatic imine (C=N–C) groups is 1. The van der Waals surface area contributed by atoms with Crippen LogP contribution in [0.1, 0.15) is 20.3 Å². The SMILES string of the molecule is CCC(C)C[N+]1(C)C(=O)C(=NC2=C([O-])[N+](C)(C)C(=O)[N+](C)(C)C2=O)C(=O)[N+](C)(C)C1=O. The Kier molecular flexibility index (Phi) is 5.75. The Balaban J connectivity index is 2.78. The monoisotopic (exact) mass is 438 g/mol. The van der Waals surface area contributed by atoms with Gasteiger partial charge in [0.2, 0.25) is 5.70 Å². The standard InChI is InChI=1S/C20H32N5O6/c1-10-12(2)11-25(9)18(29)14(17(28)24(7,8)20(25)31)21-13-15(26)22(3,4)19(30)23(5,6)16(13)27/h12H,10-11H2,1-9H3/q+3. The zero-order valence-electron chi connectivity index (χ0n) is 19.7. The van der Waals surface area contributed by atoms with Crippen LogP contribution in [0.3, 0.4) is 0 Å². The van der Waals surface area contributed by atoms with Gasteiger partial charge in [-0.3, -0.25) is 0 Å². The largest absolute Gasteiger partial charge is 0.829 e. The molecular weight excluding hydrogens is 406 g/mol. The first-order chi connectivity index (χ1) is 13.9. The number of carbonyl (C=O) groups is 5. The summed E-state index contributed by atoms with van der Waals surface area (Å²) < 4.78 is -3.10. The Morgan fingerprint density at radius 2 is 1.26 bits per heavy atom. The first-order valence-electron chi connectivity index (χ1n) is 10.0. The molecule has 2 unspecified atom stereocenters. The number of barbiturate groups is 1. The normalized spacial score (nSPS) is 30.2. The van der Waals surface area contributed by atoms with E-state index in [1.807, 2.05) is 13.8 Å². The molecule has 11 heteroatoms. The van der Waals surface area contributed by atoms with Crippen LogP contribution in [0.15, 0.2) is 16.6 Å². The van der Waals surface area contributed by atoms with Crippen molar-refractivity contribution in [2.24, 2.45) is 10.9 Å². The van der Waals surface area contributed by atoms with E-state index < -0.39 is 65.0 Å². The molecule has 0 spiro atoms. The van der Waals surface area contributed by atoms with E-state index in [0.29, 0.717) is 6.42 Å². The van der Waals surface area contributed by atoms with Crippen LogP contribution >= 0.6 is 0 Å². The van der Waals surface area contributed by atoms with Crippen LogP contribution in [0.2, 0.25) is 0 Å². The van der Waals surface area contributed by atoms with Crippen molar-refractivity contribution in [3.8, 4) is 0 Å². The summed E-state index contributed by atoms with van der Waals surface area (Å²) >= 11 is 0. The third-order valence-electron chi connectivity index (χ3n) is 6.24. The minimum atomic E-state index is -0.918. The lowest BCUT2D eigenvalue weighted by Gasteiger charge is -2.40. The third-order valence-corrected chi connectivity index (χ3v) is 6.24. The number of carbonyl (C=O) groups excluding carboxylic acids is 5. The van der Waals surface area contributed by atoms with Crippen LogP contribution in [-0.2, 0) is 14.4 Å². The topological polar surface area (TPSA) is 121 Å². The molecule has 1 saturated heterocycles. The summed E-state index contributed by atoms with van der Waals surface area (Å²) in [5.41, 5.74) is -1.29. The Hall–Kier alpha value is -2.60. The van der Waals surface area contributed by atoms with Crippen molar-refractivity contribution < 1.29 is 47.0 Å². The molecule has 0 bridgehead atoms. The van der Waals surface area contributed by atoms with Crippen LogP contribution in [0.5, 0.6) is 0 Å². The number of rotatable bonds is 4. The Morgan fingerprint density at radius 3 is 1.74 bits per heavy atom. The number of nitrogens with zero attached hydrogens (tertiary/aromatic N) is 5. The molecule has 1 fully saturated rings. The summed E-state index contributed by atoms with van der Waals surface area (Å²) in [5, 5.41) is 12.9. The van der Waals surface area contributed by atoms with Gasteiger partial charge in [-0.15, -0.1) is 13.4 Å². The minimum Gasteiger partial charge on any atom is -0.829 e. The van der Waals surface area contributed by atoms with Crippen LogP contribution in [0.4, 0.5) is 9.59 Å². The molecule has 2 atom stereocenters. The lowest BCUT2D eigenvalue weighted by molar-refractivity contribution is -0.916. The van der Waals surface area contributed by atoms with Gasteiger partial charge in [0.05, 0.1) is 49.3 Å². The first kappa shape index (κ1) is 24.7. The van der Waals surface area contributed by atoms with Gasteiger partial charge in [-0.2, -0.15) is 14.1 Å². The fourth-order valence-electron chi connectivity index (χ4n) is 3.95. The van der Waals surface area contributed by atoms with E-state index in [1.54, 1.807) is 0 Å². The molecular formula is C20H32N5O6+3. The molecule has 2 heterocycles. The van der Waals surface area contributed by atoms with Gasteiger partial charge >= 0.3 is 29.8 Å². The molecule has 0 aromatic rings. The highest BCUT2D eigenvalue weighted by Crippen LogP contribution is 2.30. The molecule has 0 saturated carbocycles. The second-order valence-electron chi connectivity index (χ2n) is 9.84. The van der Waals surface area contributed by atoms with Crippen molar-refractivity contribution >= 4 is 35.5 Å². The van der Waals surface area contributed by atoms with E-state index in [0.717, 1.165) is 0 Å². The van der Waals surface area contributed by atoms with Crippen molar-refractivity contribution in [2.75, 3.05) is 55.9 Å². The molecule has 0 aliphatic carbocycles. The lowest BCUT2D eigenvalue weighted by atomic mass is 10.0. The molecule has 2 aliphatic rings. The zero-order valence-corrected chi connectivity index (χ0v) is 19.7. The highest BCUT2D eigenvalue weighted by Gasteiger charge is 2.65. The molecule has 170 valence electrons. The van der Waals surface area contributed by atoms with E-state index in [-0.39, 0.29) is 12.5 Å². The Labute approximate surface area is 181 Å². The molecule has 2 aliphatic heterocycles. The van der Waals surface area contributed by atoms with Crippen molar-refractivity contribution in [3.63, 3.8) is 0 Å². The lowest BCUT2D eigenvalue weighted by Crippen LogP contribution is -2.75. The fraction of sp³-hybridized carbons (Fsp3) is 0.600. The Morgan fingerprint density at radius 1 is 0.774 bits per heavy atom. The molecule has 0 N–H and O–H groups in total. The predicted molar refractivity (Wildman–Crippen MR) is 107 cm³/mol. The number of amides is 7. The van der Waals surface area contributed by atoms with E-state index >= 15 is 0 Å². The van der Waals surface area contributed by atoms with Gasteiger partial charge in [-0.1, -0.05) is 13.8 Å². The maximum absolute atomic E-state index is 13.4. The molecule has 7 amide bonds. The number of hydrogen-bond acceptors (Lipinski definition) is 7. The van der Waals surface area contributed by atoms with E-state index in [4.69, 9.17) is 0 Å². The molecule has 2 rings (SSSR count). The summed E-state index contributed by atoms with van der Waals surface area (Å²) in [6.45, 7) is 3.94. The van der Waals surface area contributed by atoms with Crippen molar-refractivity contribution in [1.82, 2.24) is 0 Å². The van der Waals surface area contributed by atoms with Gasteiger partial charge in [-0.25, -0.2) is 19.4 Å². The average molecular weight is 439 g/mol. The molecule has 0 aromatic heterocycles. The fourth-order valence-corrected chi connectivity index (χ4v) is 3.95. The molecule has 11 nitrogen and oxygen atoms in total. The summed E-state index contributed by atoms with van der Waals surface area (Å²) in [7, 11) is 9.36. The minimum absolute atomic E-state index is 0.0122. The van der Waals surface area contributed by atoms with Crippen molar-refractivity contribution in [1.29, 1.82) is 0 Å². The second kappa shape index (κ2) is 7.23. The van der Waals surface area contributed by atoms with E-state index in [2.05, 4.69) is 4.99 Å². The van der Waals surface area contributed by atoms with Gasteiger partial charge in [0.15, 0.2) is 0 Å². The van der Waals surface area contributed by atoms with Gasteiger partial charge in [0.25, 0.3) is 5.71 Å². The van der Waals surface area contributed by atoms with Crippen LogP contribution in [0, 0.1) is 5.92 Å². The number of likely N-dealkylation sites (N-methyl/N-ethyl adjacent to an activating group) is 1. The van der Waals surface area contributed by atoms with E-state index in [1.165, 1.54) is 49.3 Å². The smallest absolute Gasteiger partial charge is 0.529 e. The zero-order chi connectivity index (χ0) is 24.3. The highest BCUT2D eigenvalue weighted by atomic mass is 16.3. The van der Waals surface area contributed by atoms with Crippen LogP contribution in [0.25, 0.3) is 0 Å². The summed E-state index contributed by atoms with van der Waals surface area (Å²) in [6.07, 6.45) is 0.704. The molecule has 31 heavy (non-hydrogen) atoms. The summed E-state index contributed by atoms with van der Waals surface area (Å²) in [5.74, 6) is -3.62. The van der Waals surface area contributed by atoms with Crippen LogP contribution in [-0.4, -0.2) is 109 Å². The van der Waals surface area contributed by atoms with E-state index in [9.17, 15) is 29.1 Å². The number of urea groups is 2. The summed E-state index contributed by atoms with van der Waals surface area (Å²) in [4.78, 5) is 69.1. The number of quaternary nitrogens is 4. The maximum atomic E-state index is 13.4. The van der Waals surface area contributed by atoms with Gasteiger partial charge in [0, 0.05) is 5.92 Å². The van der Waals surface area contributed by atoms with Gasteiger partial charge in [-0.05, 0) is 6.42 Å². The summed E-state index contributed by atoms with van der Waals surface area (Å²) in [6, 6.07) is -1.30. The predicted octanol–water partition coefficient (Wildman–Crippen LogP) is -0.474. The molecule has 0 aromatic carbocycles. The maximum Gasteiger partial charge on any atom is 0.529 e. The first-order valence-corrected chi connectivity index (χ1v) is 10.0. The van der Waals surface area contributed by atoms with Gasteiger partial charge in [0.1, 0.15) is 12.4 Å². The highest BCUT2D eigenvalue weighted by molar-refractivity contribution is 6.64. The number of imide groups is 3. The quantitative estimate of drug-likeness (QED) is 0.547. The Bertz CT molecular complexity index is 975. The second-order valence-corrected chi connectivity index (χ2v) is 9.84. The van der Waals surface area contributed by atoms with Gasteiger partial charge < -0.3 is 5.11 Å². The number of hydrogen-bond donors (Lipinski definition) is 0. The van der Waals surface area contributed by atoms with Crippen molar-refractivity contribution in [2.45, 2.75) is 20.3 Å².